The molecule has 5 nitrogen and oxygen atoms in total. The Morgan fingerprint density at radius 1 is 1.24 bits per heavy atom. The number of nitrogens with one attached hydrogen (secondary N) is 1. The fourth-order valence-electron chi connectivity index (χ4n) is 2.74. The molecule has 0 bridgehead atoms. The lowest BCUT2D eigenvalue weighted by Crippen LogP contribution is -2.24. The Kier molecular flexibility index (Phi) is 5.08. The van der Waals surface area contributed by atoms with E-state index < -0.39 is 11.7 Å². The number of hydrogen-bond acceptors (Lipinski definition) is 5. The number of phenolic OH excluding ortho intramolecular Hbond substituents is 1. The molecule has 0 unspecified atom stereocenters. The van der Waals surface area contributed by atoms with Gasteiger partial charge in [0.1, 0.15) is 11.3 Å². The van der Waals surface area contributed by atoms with E-state index in [2.05, 4.69) is 5.32 Å². The largest absolute Gasteiger partial charge is 0.506 e. The summed E-state index contributed by atoms with van der Waals surface area (Å²) < 4.78 is 5.37. The minimum atomic E-state index is -0.542. The third-order valence-corrected chi connectivity index (χ3v) is 4.17. The van der Waals surface area contributed by atoms with Crippen molar-refractivity contribution in [3.8, 4) is 16.9 Å². The van der Waals surface area contributed by atoms with E-state index in [4.69, 9.17) is 16.0 Å². The molecule has 3 aromatic rings. The molecule has 1 aromatic heterocycles. The van der Waals surface area contributed by atoms with Crippen molar-refractivity contribution in [3.05, 3.63) is 63.5 Å². The first-order valence-electron chi connectivity index (χ1n) is 7.89. The maximum absolute atomic E-state index is 12.1. The van der Waals surface area contributed by atoms with Gasteiger partial charge in [0, 0.05) is 24.5 Å². The van der Waals surface area contributed by atoms with Gasteiger partial charge >= 0.3 is 5.63 Å². The molecule has 0 aliphatic heterocycles. The number of halogens is 1. The average Bonchev–Trinajstić information content (AvgIpc) is 2.59. The van der Waals surface area contributed by atoms with Crippen LogP contribution in [0.25, 0.3) is 22.1 Å². The highest BCUT2D eigenvalue weighted by atomic mass is 35.5. The second-order valence-electron chi connectivity index (χ2n) is 5.89. The summed E-state index contributed by atoms with van der Waals surface area (Å²) in [6.45, 7) is 2.18. The van der Waals surface area contributed by atoms with Crippen LogP contribution in [0.5, 0.6) is 5.75 Å². The van der Waals surface area contributed by atoms with Crippen LogP contribution in [0.2, 0.25) is 5.02 Å². The van der Waals surface area contributed by atoms with Gasteiger partial charge in [-0.3, -0.25) is 0 Å². The molecule has 0 amide bonds. The molecule has 3 N–H and O–H groups in total. The summed E-state index contributed by atoms with van der Waals surface area (Å²) in [5.74, 6) is -0.138. The van der Waals surface area contributed by atoms with Crippen molar-refractivity contribution in [1.82, 2.24) is 5.32 Å². The Balaban J connectivity index is 2.21. The second-order valence-corrected chi connectivity index (χ2v) is 6.29. The minimum Gasteiger partial charge on any atom is -0.506 e. The van der Waals surface area contributed by atoms with Crippen LogP contribution >= 0.6 is 11.6 Å². The smallest absolute Gasteiger partial charge is 0.336 e. The van der Waals surface area contributed by atoms with Gasteiger partial charge in [0.05, 0.1) is 16.7 Å². The molecular weight excluding hydrogens is 342 g/mol. The maximum atomic E-state index is 12.1. The summed E-state index contributed by atoms with van der Waals surface area (Å²) in [4.78, 5) is 12.1. The molecule has 1 heterocycles. The first-order chi connectivity index (χ1) is 12.0. The van der Waals surface area contributed by atoms with Crippen LogP contribution in [-0.4, -0.2) is 22.9 Å². The van der Waals surface area contributed by atoms with Crippen LogP contribution in [-0.2, 0) is 6.54 Å². The zero-order valence-electron chi connectivity index (χ0n) is 13.6. The average molecular weight is 360 g/mol. The molecule has 130 valence electrons. The third-order valence-electron chi connectivity index (χ3n) is 3.88. The molecule has 0 saturated carbocycles. The number of benzene rings is 2. The Bertz CT molecular complexity index is 951. The van der Waals surface area contributed by atoms with E-state index in [9.17, 15) is 15.0 Å². The fourth-order valence-corrected chi connectivity index (χ4v) is 2.97. The highest BCUT2D eigenvalue weighted by Crippen LogP contribution is 2.38. The Hall–Kier alpha value is -2.34. The van der Waals surface area contributed by atoms with Gasteiger partial charge in [-0.2, -0.15) is 0 Å². The number of fused-ring (bicyclic) bond motifs is 1. The Morgan fingerprint density at radius 3 is 2.64 bits per heavy atom. The van der Waals surface area contributed by atoms with E-state index in [0.717, 1.165) is 5.56 Å². The lowest BCUT2D eigenvalue weighted by atomic mass is 9.99. The molecule has 0 spiro atoms. The zero-order chi connectivity index (χ0) is 18.0. The standard InChI is InChI=1S/C19H18ClNO4/c1-11(22)9-21-10-15-18(24)16(20)7-14-13(8-17(23)25-19(14)15)12-5-3-2-4-6-12/h2-8,11,21-22,24H,9-10H2,1H3/t11-/m1/s1. The van der Waals surface area contributed by atoms with Gasteiger partial charge in [-0.25, -0.2) is 4.79 Å². The van der Waals surface area contributed by atoms with Crippen LogP contribution in [0.1, 0.15) is 12.5 Å². The summed E-state index contributed by atoms with van der Waals surface area (Å²) in [5, 5.41) is 23.5. The van der Waals surface area contributed by atoms with Crippen LogP contribution in [0.4, 0.5) is 0 Å². The Morgan fingerprint density at radius 2 is 1.96 bits per heavy atom. The zero-order valence-corrected chi connectivity index (χ0v) is 14.4. The monoisotopic (exact) mass is 359 g/mol. The SMILES string of the molecule is C[C@@H](O)CNCc1c(O)c(Cl)cc2c(-c3ccccc3)cc(=O)oc12. The predicted octanol–water partition coefficient (Wildman–Crippen LogP) is 3.29. The third kappa shape index (κ3) is 3.69. The van der Waals surface area contributed by atoms with Crippen molar-refractivity contribution in [3.63, 3.8) is 0 Å². The van der Waals surface area contributed by atoms with E-state index in [1.807, 2.05) is 30.3 Å². The molecule has 0 aliphatic rings. The lowest BCUT2D eigenvalue weighted by Gasteiger charge is -2.13. The summed E-state index contributed by atoms with van der Waals surface area (Å²) in [5.41, 5.74) is 1.70. The number of rotatable bonds is 5. The van der Waals surface area contributed by atoms with Crippen LogP contribution < -0.4 is 10.9 Å². The van der Waals surface area contributed by atoms with Crippen LogP contribution in [0.15, 0.2) is 51.7 Å². The van der Waals surface area contributed by atoms with Gasteiger partial charge in [0.2, 0.25) is 0 Å². The lowest BCUT2D eigenvalue weighted by molar-refractivity contribution is 0.191. The van der Waals surface area contributed by atoms with Crippen molar-refractivity contribution in [2.24, 2.45) is 0 Å². The van der Waals surface area contributed by atoms with Gasteiger partial charge in [-0.1, -0.05) is 41.9 Å². The molecule has 0 fully saturated rings. The van der Waals surface area contributed by atoms with Crippen LogP contribution in [0.3, 0.4) is 0 Å². The molecule has 25 heavy (non-hydrogen) atoms. The van der Waals surface area contributed by atoms with E-state index >= 15 is 0 Å². The number of aromatic hydroxyl groups is 1. The maximum Gasteiger partial charge on any atom is 0.336 e. The molecule has 2 aromatic carbocycles. The van der Waals surface area contributed by atoms with E-state index in [0.29, 0.717) is 23.1 Å². The summed E-state index contributed by atoms with van der Waals surface area (Å²) in [6, 6.07) is 12.4. The van der Waals surface area contributed by atoms with E-state index in [1.165, 1.54) is 6.07 Å². The molecule has 0 saturated heterocycles. The number of phenols is 1. The van der Waals surface area contributed by atoms with Crippen LogP contribution in [0, 0.1) is 0 Å². The van der Waals surface area contributed by atoms with Crippen molar-refractivity contribution in [1.29, 1.82) is 0 Å². The number of hydrogen-bond donors (Lipinski definition) is 3. The first kappa shape index (κ1) is 17.5. The van der Waals surface area contributed by atoms with Gasteiger partial charge in [0.15, 0.2) is 0 Å². The minimum absolute atomic E-state index is 0.138. The van der Waals surface area contributed by atoms with E-state index in [1.54, 1.807) is 13.0 Å². The normalized spacial score (nSPS) is 12.4. The second kappa shape index (κ2) is 7.27. The first-order valence-corrected chi connectivity index (χ1v) is 8.27. The highest BCUT2D eigenvalue weighted by Gasteiger charge is 2.18. The molecule has 3 rings (SSSR count). The summed E-state index contributed by atoms with van der Waals surface area (Å²) in [6.07, 6.45) is -0.542. The predicted molar refractivity (Wildman–Crippen MR) is 98.0 cm³/mol. The number of aliphatic hydroxyl groups excluding tert-OH is 1. The number of aliphatic hydroxyl groups is 1. The van der Waals surface area contributed by atoms with Gasteiger partial charge in [0.25, 0.3) is 0 Å². The van der Waals surface area contributed by atoms with Crippen molar-refractivity contribution < 1.29 is 14.6 Å². The van der Waals surface area contributed by atoms with Crippen molar-refractivity contribution >= 4 is 22.6 Å². The summed E-state index contributed by atoms with van der Waals surface area (Å²) >= 11 is 6.19. The van der Waals surface area contributed by atoms with Gasteiger partial charge in [-0.15, -0.1) is 0 Å². The quantitative estimate of drug-likeness (QED) is 0.609. The summed E-state index contributed by atoms with van der Waals surface area (Å²) in [7, 11) is 0. The fraction of sp³-hybridized carbons (Fsp3) is 0.211. The topological polar surface area (TPSA) is 82.7 Å². The van der Waals surface area contributed by atoms with Crippen molar-refractivity contribution in [2.75, 3.05) is 6.54 Å². The Labute approximate surface area is 149 Å². The molecule has 0 aliphatic carbocycles. The van der Waals surface area contributed by atoms with Crippen molar-refractivity contribution in [2.45, 2.75) is 19.6 Å². The van der Waals surface area contributed by atoms with Gasteiger partial charge in [-0.05, 0) is 24.1 Å². The van der Waals surface area contributed by atoms with Gasteiger partial charge < -0.3 is 19.9 Å². The highest BCUT2D eigenvalue weighted by molar-refractivity contribution is 6.33. The molecule has 0 radical (unpaired) electrons. The molecular formula is C19H18ClNO4. The molecule has 1 atom stereocenters. The van der Waals surface area contributed by atoms with E-state index in [-0.39, 0.29) is 22.9 Å². The molecule has 6 heteroatoms.